The highest BCUT2D eigenvalue weighted by Crippen LogP contribution is 2.13. The van der Waals surface area contributed by atoms with Crippen LogP contribution < -0.4 is 0 Å². The van der Waals surface area contributed by atoms with Gasteiger partial charge in [-0.2, -0.15) is 0 Å². The molecule has 0 bridgehead atoms. The van der Waals surface area contributed by atoms with Gasteiger partial charge >= 0.3 is 5.97 Å². The lowest BCUT2D eigenvalue weighted by molar-refractivity contribution is -0.149. The number of aromatic hydroxyl groups is 1. The average molecular weight is 357 g/mol. The van der Waals surface area contributed by atoms with Crippen molar-refractivity contribution in [1.82, 2.24) is 0 Å². The number of phenols is 1. The van der Waals surface area contributed by atoms with Crippen LogP contribution in [-0.4, -0.2) is 34.6 Å². The zero-order valence-corrected chi connectivity index (χ0v) is 14.9. The van der Waals surface area contributed by atoms with Crippen molar-refractivity contribution in [1.29, 1.82) is 0 Å². The molecule has 0 aromatic heterocycles. The van der Waals surface area contributed by atoms with Crippen LogP contribution in [0.5, 0.6) is 5.75 Å². The highest BCUT2D eigenvalue weighted by molar-refractivity contribution is 5.98. The molecule has 6 nitrogen and oxygen atoms in total. The molecule has 0 heterocycles. The summed E-state index contributed by atoms with van der Waals surface area (Å²) in [5.74, 6) is -0.767. The van der Waals surface area contributed by atoms with E-state index in [9.17, 15) is 15.0 Å². The van der Waals surface area contributed by atoms with Crippen molar-refractivity contribution < 1.29 is 24.6 Å². The van der Waals surface area contributed by atoms with Crippen molar-refractivity contribution in [3.8, 4) is 5.75 Å². The number of nitrogens with zero attached hydrogens (tertiary/aromatic N) is 1. The van der Waals surface area contributed by atoms with Gasteiger partial charge in [0.1, 0.15) is 12.4 Å². The molecule has 138 valence electrons. The molecule has 0 aliphatic heterocycles. The van der Waals surface area contributed by atoms with Crippen LogP contribution in [0.15, 0.2) is 53.7 Å². The second kappa shape index (κ2) is 9.58. The van der Waals surface area contributed by atoms with Crippen LogP contribution in [0, 0.1) is 0 Å². The molecule has 0 unspecified atom stereocenters. The van der Waals surface area contributed by atoms with Crippen molar-refractivity contribution in [2.24, 2.45) is 5.16 Å². The van der Waals surface area contributed by atoms with E-state index in [0.29, 0.717) is 25.3 Å². The Morgan fingerprint density at radius 2 is 1.88 bits per heavy atom. The largest absolute Gasteiger partial charge is 0.508 e. The molecule has 2 aromatic carbocycles. The summed E-state index contributed by atoms with van der Waals surface area (Å²) in [6.45, 7) is 4.24. The highest BCUT2D eigenvalue weighted by Gasteiger charge is 2.18. The summed E-state index contributed by atoms with van der Waals surface area (Å²) in [5.41, 5.74) is 3.30. The Morgan fingerprint density at radius 1 is 1.15 bits per heavy atom. The maximum Gasteiger partial charge on any atom is 0.333 e. The van der Waals surface area contributed by atoms with E-state index in [0.717, 1.165) is 16.7 Å². The molecular weight excluding hydrogens is 334 g/mol. The smallest absolute Gasteiger partial charge is 0.333 e. The van der Waals surface area contributed by atoms with E-state index in [1.165, 1.54) is 0 Å². The second-order valence-electron chi connectivity index (χ2n) is 5.80. The van der Waals surface area contributed by atoms with Gasteiger partial charge in [0.2, 0.25) is 0 Å². The van der Waals surface area contributed by atoms with E-state index in [-0.39, 0.29) is 5.75 Å². The molecule has 2 N–H and O–H groups in total. The van der Waals surface area contributed by atoms with E-state index >= 15 is 0 Å². The fourth-order valence-electron chi connectivity index (χ4n) is 2.40. The molecular formula is C20H23NO5. The van der Waals surface area contributed by atoms with Gasteiger partial charge in [0, 0.05) is 13.0 Å². The first-order valence-electron chi connectivity index (χ1n) is 8.37. The average Bonchev–Trinajstić information content (AvgIpc) is 2.63. The second-order valence-corrected chi connectivity index (χ2v) is 5.80. The number of benzene rings is 2. The van der Waals surface area contributed by atoms with Gasteiger partial charge in [0.15, 0.2) is 6.10 Å². The minimum absolute atomic E-state index is 0.206. The Balaban J connectivity index is 2.00. The summed E-state index contributed by atoms with van der Waals surface area (Å²) in [5, 5.41) is 22.6. The lowest BCUT2D eigenvalue weighted by Crippen LogP contribution is -2.26. The third kappa shape index (κ3) is 5.89. The Morgan fingerprint density at radius 3 is 2.54 bits per heavy atom. The normalized spacial score (nSPS) is 12.6. The molecule has 0 saturated carbocycles. The zero-order chi connectivity index (χ0) is 18.9. The summed E-state index contributed by atoms with van der Waals surface area (Å²) >= 11 is 0. The molecule has 26 heavy (non-hydrogen) atoms. The van der Waals surface area contributed by atoms with E-state index in [1.807, 2.05) is 31.2 Å². The number of phenolic OH excluding ortho intramolecular Hbond substituents is 1. The van der Waals surface area contributed by atoms with Crippen LogP contribution in [0.1, 0.15) is 30.5 Å². The van der Waals surface area contributed by atoms with Crippen molar-refractivity contribution in [3.05, 3.63) is 65.2 Å². The van der Waals surface area contributed by atoms with Crippen molar-refractivity contribution in [2.45, 2.75) is 33.0 Å². The number of carboxylic acids is 1. The predicted molar refractivity (Wildman–Crippen MR) is 98.3 cm³/mol. The Kier molecular flexibility index (Phi) is 7.17. The van der Waals surface area contributed by atoms with Crippen molar-refractivity contribution in [2.75, 3.05) is 6.61 Å². The maximum atomic E-state index is 11.2. The van der Waals surface area contributed by atoms with Crippen LogP contribution >= 0.6 is 0 Å². The minimum atomic E-state index is -0.972. The van der Waals surface area contributed by atoms with Gasteiger partial charge in [-0.05, 0) is 48.7 Å². The lowest BCUT2D eigenvalue weighted by atomic mass is 10.0. The third-order valence-electron chi connectivity index (χ3n) is 3.78. The molecule has 6 heteroatoms. The van der Waals surface area contributed by atoms with Crippen molar-refractivity contribution in [3.63, 3.8) is 0 Å². The number of hydrogen-bond acceptors (Lipinski definition) is 5. The minimum Gasteiger partial charge on any atom is -0.508 e. The van der Waals surface area contributed by atoms with Gasteiger partial charge in [0.25, 0.3) is 0 Å². The van der Waals surface area contributed by atoms with Gasteiger partial charge in [-0.3, -0.25) is 0 Å². The number of carboxylic acid groups (broad SMARTS) is 1. The fourth-order valence-corrected chi connectivity index (χ4v) is 2.40. The summed E-state index contributed by atoms with van der Waals surface area (Å²) in [7, 11) is 0. The molecule has 0 spiro atoms. The molecule has 1 atom stereocenters. The first-order valence-corrected chi connectivity index (χ1v) is 8.37. The number of rotatable bonds is 9. The summed E-state index contributed by atoms with van der Waals surface area (Å²) in [4.78, 5) is 16.6. The zero-order valence-electron chi connectivity index (χ0n) is 14.9. The first kappa shape index (κ1) is 19.5. The van der Waals surface area contributed by atoms with Gasteiger partial charge in [-0.1, -0.05) is 35.5 Å². The topological polar surface area (TPSA) is 88.4 Å². The van der Waals surface area contributed by atoms with Crippen LogP contribution in [0.4, 0.5) is 0 Å². The monoisotopic (exact) mass is 357 g/mol. The van der Waals surface area contributed by atoms with Crippen molar-refractivity contribution >= 4 is 11.7 Å². The standard InChI is InChI=1S/C20H23NO5/c1-3-25-19(20(23)24)12-16-5-4-6-17(11-16)14(2)21-26-13-15-7-9-18(22)10-8-15/h4-11,19,22H,3,12-13H2,1-2H3,(H,23,24)/b21-14+/t19-/m1/s1. The van der Waals surface area contributed by atoms with Crippen LogP contribution in [0.25, 0.3) is 0 Å². The SMILES string of the molecule is CCO[C@H](Cc1cccc(/C(C)=N/OCc2ccc(O)cc2)c1)C(=O)O. The molecule has 2 aromatic rings. The van der Waals surface area contributed by atoms with Crippen LogP contribution in [0.2, 0.25) is 0 Å². The van der Waals surface area contributed by atoms with E-state index in [2.05, 4.69) is 5.16 Å². The van der Waals surface area contributed by atoms with Gasteiger partial charge < -0.3 is 19.8 Å². The molecule has 2 rings (SSSR count). The molecule has 0 fully saturated rings. The molecule has 0 aliphatic carbocycles. The lowest BCUT2D eigenvalue weighted by Gasteiger charge is -2.13. The summed E-state index contributed by atoms with van der Waals surface area (Å²) < 4.78 is 5.26. The number of oxime groups is 1. The summed E-state index contributed by atoms with van der Waals surface area (Å²) in [6, 6.07) is 14.2. The Hall–Kier alpha value is -2.86. The molecule has 0 aliphatic rings. The van der Waals surface area contributed by atoms with E-state index < -0.39 is 12.1 Å². The highest BCUT2D eigenvalue weighted by atomic mass is 16.6. The van der Waals surface area contributed by atoms with Gasteiger partial charge in [-0.25, -0.2) is 4.79 Å². The number of carbonyl (C=O) groups is 1. The molecule has 0 radical (unpaired) electrons. The quantitative estimate of drug-likeness (QED) is 0.531. The first-order chi connectivity index (χ1) is 12.5. The van der Waals surface area contributed by atoms with Crippen LogP contribution in [0.3, 0.4) is 0 Å². The van der Waals surface area contributed by atoms with Crippen LogP contribution in [-0.2, 0) is 27.4 Å². The Labute approximate surface area is 152 Å². The van der Waals surface area contributed by atoms with E-state index in [1.54, 1.807) is 31.2 Å². The van der Waals surface area contributed by atoms with E-state index in [4.69, 9.17) is 9.57 Å². The van der Waals surface area contributed by atoms with Gasteiger partial charge in [0.05, 0.1) is 5.71 Å². The molecule has 0 amide bonds. The Bertz CT molecular complexity index is 755. The number of hydrogen-bond donors (Lipinski definition) is 2. The van der Waals surface area contributed by atoms with Gasteiger partial charge in [-0.15, -0.1) is 0 Å². The molecule has 0 saturated heterocycles. The predicted octanol–water partition coefficient (Wildman–Crippen LogP) is 3.37. The number of ether oxygens (including phenoxy) is 1. The summed E-state index contributed by atoms with van der Waals surface area (Å²) in [6.07, 6.45) is -0.572. The maximum absolute atomic E-state index is 11.2. The fraction of sp³-hybridized carbons (Fsp3) is 0.300. The third-order valence-corrected chi connectivity index (χ3v) is 3.78. The number of aliphatic carboxylic acids is 1.